The van der Waals surface area contributed by atoms with Gasteiger partial charge in [0.15, 0.2) is 0 Å². The molecule has 0 amide bonds. The second-order valence-corrected chi connectivity index (χ2v) is 7.70. The molecular weight excluding hydrogens is 338 g/mol. The van der Waals surface area contributed by atoms with E-state index in [0.29, 0.717) is 36.2 Å². The Labute approximate surface area is 160 Å². The van der Waals surface area contributed by atoms with Gasteiger partial charge in [0.25, 0.3) is 0 Å². The third kappa shape index (κ3) is 3.76. The molecule has 3 aliphatic rings. The van der Waals surface area contributed by atoms with Crippen molar-refractivity contribution < 1.29 is 15.0 Å². The zero-order valence-corrected chi connectivity index (χ0v) is 16.4. The van der Waals surface area contributed by atoms with Crippen molar-refractivity contribution in [3.8, 4) is 0 Å². The van der Waals surface area contributed by atoms with Gasteiger partial charge in [-0.25, -0.2) is 0 Å². The average molecular weight is 365 g/mol. The van der Waals surface area contributed by atoms with Crippen LogP contribution in [0.25, 0.3) is 0 Å². The summed E-state index contributed by atoms with van der Waals surface area (Å²) in [5.41, 5.74) is 6.40. The number of aliphatic hydroxyl groups is 2. The minimum Gasteiger partial charge on any atom is -0.508 e. The van der Waals surface area contributed by atoms with E-state index in [2.05, 4.69) is 5.32 Å². The number of dihydropyridines is 1. The molecule has 0 aromatic heterocycles. The number of allylic oxidation sites excluding steroid dienone is 9. The number of rotatable bonds is 4. The highest BCUT2D eigenvalue weighted by Gasteiger charge is 2.35. The minimum atomic E-state index is -0.895. The zero-order chi connectivity index (χ0) is 19.7. The molecule has 27 heavy (non-hydrogen) atoms. The highest BCUT2D eigenvalue weighted by atomic mass is 16.3. The Hall–Kier alpha value is -2.59. The molecule has 0 saturated heterocycles. The third-order valence-electron chi connectivity index (χ3n) is 5.00. The maximum Gasteiger partial charge on any atom is 0.201 e. The van der Waals surface area contributed by atoms with E-state index in [0.717, 1.165) is 27.9 Å². The van der Waals surface area contributed by atoms with Crippen molar-refractivity contribution in [3.63, 3.8) is 0 Å². The third-order valence-corrected chi connectivity index (χ3v) is 5.00. The topological polar surface area (TPSA) is 69.6 Å². The lowest BCUT2D eigenvalue weighted by Crippen LogP contribution is -2.35. The number of carbonyl (C=O) groups excluding carboxylic acids is 1. The van der Waals surface area contributed by atoms with Crippen molar-refractivity contribution in [2.45, 2.75) is 53.1 Å². The first-order valence-electron chi connectivity index (χ1n) is 9.33. The lowest BCUT2D eigenvalue weighted by Gasteiger charge is -2.34. The minimum absolute atomic E-state index is 0.0751. The molecule has 0 bridgehead atoms. The maximum absolute atomic E-state index is 12.3. The van der Waals surface area contributed by atoms with Gasteiger partial charge in [0, 0.05) is 16.7 Å². The quantitative estimate of drug-likeness (QED) is 0.644. The van der Waals surface area contributed by atoms with Crippen molar-refractivity contribution in [3.05, 3.63) is 81.0 Å². The van der Waals surface area contributed by atoms with Gasteiger partial charge in [0.2, 0.25) is 5.78 Å². The Kier molecular flexibility index (Phi) is 5.38. The smallest absolute Gasteiger partial charge is 0.201 e. The van der Waals surface area contributed by atoms with Crippen molar-refractivity contribution in [1.29, 1.82) is 0 Å². The highest BCUT2D eigenvalue weighted by Crippen LogP contribution is 2.40. The average Bonchev–Trinajstić information content (AvgIpc) is 2.60. The number of carbonyl (C=O) groups is 1. The molecule has 0 spiro atoms. The summed E-state index contributed by atoms with van der Waals surface area (Å²) in [4.78, 5) is 12.3. The van der Waals surface area contributed by atoms with E-state index in [1.165, 1.54) is 0 Å². The summed E-state index contributed by atoms with van der Waals surface area (Å²) in [7, 11) is 0. The van der Waals surface area contributed by atoms with Gasteiger partial charge in [-0.2, -0.15) is 0 Å². The summed E-state index contributed by atoms with van der Waals surface area (Å²) >= 11 is 0. The maximum atomic E-state index is 12.3. The molecule has 0 radical (unpaired) electrons. The van der Waals surface area contributed by atoms with E-state index in [1.807, 2.05) is 52.0 Å². The molecule has 0 aromatic carbocycles. The van der Waals surface area contributed by atoms with Gasteiger partial charge in [-0.1, -0.05) is 29.4 Å². The fraction of sp³-hybridized carbons (Fsp3) is 0.348. The van der Waals surface area contributed by atoms with Gasteiger partial charge in [-0.3, -0.25) is 4.79 Å². The van der Waals surface area contributed by atoms with E-state index in [-0.39, 0.29) is 11.5 Å². The number of aliphatic hydroxyl groups excluding tert-OH is 2. The van der Waals surface area contributed by atoms with Gasteiger partial charge < -0.3 is 15.5 Å². The Morgan fingerprint density at radius 3 is 2.48 bits per heavy atom. The van der Waals surface area contributed by atoms with Crippen molar-refractivity contribution in [1.82, 2.24) is 5.32 Å². The molecule has 1 unspecified atom stereocenters. The summed E-state index contributed by atoms with van der Waals surface area (Å²) in [5, 5.41) is 25.1. The van der Waals surface area contributed by atoms with E-state index in [9.17, 15) is 15.0 Å². The van der Waals surface area contributed by atoms with Crippen molar-refractivity contribution in [2.24, 2.45) is 0 Å². The monoisotopic (exact) mass is 365 g/mol. The molecule has 0 fully saturated rings. The van der Waals surface area contributed by atoms with E-state index >= 15 is 0 Å². The zero-order valence-electron chi connectivity index (χ0n) is 16.4. The fourth-order valence-corrected chi connectivity index (χ4v) is 3.49. The van der Waals surface area contributed by atoms with Crippen LogP contribution >= 0.6 is 0 Å². The molecule has 3 N–H and O–H groups in total. The van der Waals surface area contributed by atoms with Crippen LogP contribution in [0.4, 0.5) is 0 Å². The molecule has 1 atom stereocenters. The Bertz CT molecular complexity index is 896. The first kappa shape index (κ1) is 19.2. The second-order valence-electron chi connectivity index (χ2n) is 7.70. The van der Waals surface area contributed by atoms with Crippen molar-refractivity contribution >= 4 is 5.78 Å². The van der Waals surface area contributed by atoms with Gasteiger partial charge in [0.05, 0.1) is 11.4 Å². The molecule has 1 heterocycles. The van der Waals surface area contributed by atoms with Crippen LogP contribution in [0.3, 0.4) is 0 Å². The SMILES string of the molecule is CC(C)=CCC1=C2NC3=C(C=C2C(O)C(CC=C(C)C)=C1O)CC=CC3=O. The Balaban J connectivity index is 2.12. The molecule has 4 heteroatoms. The number of ketones is 1. The lowest BCUT2D eigenvalue weighted by atomic mass is 9.81. The van der Waals surface area contributed by atoms with E-state index in [4.69, 9.17) is 0 Å². The van der Waals surface area contributed by atoms with Crippen LogP contribution in [-0.4, -0.2) is 22.1 Å². The second kappa shape index (κ2) is 7.57. The standard InChI is InChI=1S/C23H27NO3/c1-13(2)8-10-16-21-18(12-15-6-5-7-19(25)20(15)24-21)23(27)17(22(16)26)11-9-14(3)4/h5,7-9,12,23-24,26-27H,6,10-11H2,1-4H3. The molecule has 4 nitrogen and oxygen atoms in total. The summed E-state index contributed by atoms with van der Waals surface area (Å²) < 4.78 is 0. The molecule has 2 aliphatic carbocycles. The Morgan fingerprint density at radius 2 is 1.81 bits per heavy atom. The van der Waals surface area contributed by atoms with Crippen LogP contribution in [-0.2, 0) is 4.79 Å². The van der Waals surface area contributed by atoms with Crippen LogP contribution in [0.1, 0.15) is 47.0 Å². The number of hydrogen-bond acceptors (Lipinski definition) is 4. The summed E-state index contributed by atoms with van der Waals surface area (Å²) in [5.74, 6) is 0.0499. The number of fused-ring (bicyclic) bond motifs is 1. The predicted octanol–water partition coefficient (Wildman–Crippen LogP) is 4.45. The van der Waals surface area contributed by atoms with E-state index in [1.54, 1.807) is 6.08 Å². The normalized spacial score (nSPS) is 21.4. The molecule has 0 aromatic rings. The lowest BCUT2D eigenvalue weighted by molar-refractivity contribution is -0.111. The first-order chi connectivity index (χ1) is 12.8. The van der Waals surface area contributed by atoms with Crippen LogP contribution < -0.4 is 5.32 Å². The number of hydrogen-bond donors (Lipinski definition) is 3. The van der Waals surface area contributed by atoms with Crippen LogP contribution in [0.2, 0.25) is 0 Å². The number of nitrogens with one attached hydrogen (secondary N) is 1. The van der Waals surface area contributed by atoms with Crippen LogP contribution in [0.15, 0.2) is 81.0 Å². The van der Waals surface area contributed by atoms with Gasteiger partial charge in [0.1, 0.15) is 11.9 Å². The summed E-state index contributed by atoms with van der Waals surface area (Å²) in [6.45, 7) is 8.01. The van der Waals surface area contributed by atoms with Crippen LogP contribution in [0, 0.1) is 0 Å². The molecule has 142 valence electrons. The van der Waals surface area contributed by atoms with Gasteiger partial charge in [-0.15, -0.1) is 0 Å². The van der Waals surface area contributed by atoms with Gasteiger partial charge >= 0.3 is 0 Å². The largest absolute Gasteiger partial charge is 0.508 e. The molecule has 3 rings (SSSR count). The predicted molar refractivity (Wildman–Crippen MR) is 108 cm³/mol. The molecule has 1 aliphatic heterocycles. The first-order valence-corrected chi connectivity index (χ1v) is 9.33. The van der Waals surface area contributed by atoms with E-state index < -0.39 is 6.10 Å². The highest BCUT2D eigenvalue weighted by molar-refractivity contribution is 6.06. The Morgan fingerprint density at radius 1 is 1.15 bits per heavy atom. The van der Waals surface area contributed by atoms with Gasteiger partial charge in [-0.05, 0) is 64.7 Å². The van der Waals surface area contributed by atoms with Crippen molar-refractivity contribution in [2.75, 3.05) is 0 Å². The molecular formula is C23H27NO3. The summed E-state index contributed by atoms with van der Waals surface area (Å²) in [6, 6.07) is 0. The summed E-state index contributed by atoms with van der Waals surface area (Å²) in [6.07, 6.45) is 10.1. The van der Waals surface area contributed by atoms with Crippen LogP contribution in [0.5, 0.6) is 0 Å². The molecule has 0 saturated carbocycles. The fourth-order valence-electron chi connectivity index (χ4n) is 3.49.